The average molecular weight is 294 g/mol. The Bertz CT molecular complexity index is 453. The first kappa shape index (κ1) is 14.9. The first-order valence-corrected chi connectivity index (χ1v) is 7.17. The van der Waals surface area contributed by atoms with Crippen LogP contribution in [0.2, 0.25) is 5.02 Å². The fraction of sp³-hybridized carbons (Fsp3) is 0.400. The summed E-state index contributed by atoms with van der Waals surface area (Å²) in [7, 11) is 0. The zero-order valence-electron chi connectivity index (χ0n) is 11.5. The van der Waals surface area contributed by atoms with Gasteiger partial charge in [0.25, 0.3) is 0 Å². The molecule has 1 aromatic carbocycles. The summed E-state index contributed by atoms with van der Waals surface area (Å²) in [6, 6.07) is 7.92. The summed E-state index contributed by atoms with van der Waals surface area (Å²) in [6.45, 7) is 8.32. The first-order valence-electron chi connectivity index (χ1n) is 6.79. The Kier molecular flexibility index (Phi) is 5.44. The summed E-state index contributed by atoms with van der Waals surface area (Å²) in [5.74, 6) is 0. The van der Waals surface area contributed by atoms with Crippen molar-refractivity contribution in [3.8, 4) is 0 Å². The first-order chi connectivity index (χ1) is 9.69. The lowest BCUT2D eigenvalue weighted by atomic mass is 10.2. The molecule has 20 heavy (non-hydrogen) atoms. The second kappa shape index (κ2) is 7.31. The van der Waals surface area contributed by atoms with Crippen molar-refractivity contribution in [3.05, 3.63) is 47.5 Å². The highest BCUT2D eigenvalue weighted by Gasteiger charge is 2.20. The van der Waals surface area contributed by atoms with Crippen LogP contribution in [0.3, 0.4) is 0 Å². The van der Waals surface area contributed by atoms with E-state index in [0.29, 0.717) is 6.54 Å². The van der Waals surface area contributed by atoms with Gasteiger partial charge in [0, 0.05) is 44.3 Å². The van der Waals surface area contributed by atoms with Gasteiger partial charge in [-0.25, -0.2) is 4.79 Å². The number of carbonyl (C=O) groups excluding carboxylic acids is 1. The van der Waals surface area contributed by atoms with Crippen molar-refractivity contribution in [2.75, 3.05) is 32.7 Å². The maximum absolute atomic E-state index is 11.8. The number of rotatable bonds is 4. The van der Waals surface area contributed by atoms with Crippen LogP contribution in [0.25, 0.3) is 0 Å². The van der Waals surface area contributed by atoms with E-state index in [2.05, 4.69) is 16.8 Å². The number of piperazine rings is 1. The minimum Gasteiger partial charge on any atom is -0.335 e. The van der Waals surface area contributed by atoms with Gasteiger partial charge in [-0.1, -0.05) is 29.8 Å². The van der Waals surface area contributed by atoms with Gasteiger partial charge in [-0.15, -0.1) is 6.58 Å². The minimum absolute atomic E-state index is 0.00366. The van der Waals surface area contributed by atoms with Gasteiger partial charge < -0.3 is 10.2 Å². The van der Waals surface area contributed by atoms with Gasteiger partial charge in [0.05, 0.1) is 0 Å². The average Bonchev–Trinajstić information content (AvgIpc) is 2.48. The molecule has 1 saturated heterocycles. The van der Waals surface area contributed by atoms with Gasteiger partial charge in [-0.05, 0) is 17.7 Å². The molecule has 1 aromatic rings. The summed E-state index contributed by atoms with van der Waals surface area (Å²) in [6.07, 6.45) is 1.69. The van der Waals surface area contributed by atoms with E-state index in [0.717, 1.165) is 37.7 Å². The van der Waals surface area contributed by atoms with E-state index in [4.69, 9.17) is 11.6 Å². The predicted octanol–water partition coefficient (Wildman–Crippen LogP) is 2.35. The lowest BCUT2D eigenvalue weighted by Crippen LogP contribution is -2.51. The van der Waals surface area contributed by atoms with Crippen LogP contribution in [-0.2, 0) is 6.54 Å². The molecule has 5 heteroatoms. The molecule has 1 N–H and O–H groups in total. The zero-order valence-corrected chi connectivity index (χ0v) is 12.3. The second-order valence-corrected chi connectivity index (χ2v) is 5.30. The predicted molar refractivity (Wildman–Crippen MR) is 81.9 cm³/mol. The molecular weight excluding hydrogens is 274 g/mol. The Hall–Kier alpha value is -1.52. The van der Waals surface area contributed by atoms with E-state index >= 15 is 0 Å². The van der Waals surface area contributed by atoms with Crippen LogP contribution in [0.1, 0.15) is 5.56 Å². The van der Waals surface area contributed by atoms with E-state index in [1.807, 2.05) is 29.2 Å². The summed E-state index contributed by atoms with van der Waals surface area (Å²) in [5, 5.41) is 3.57. The highest BCUT2D eigenvalue weighted by molar-refractivity contribution is 6.30. The number of halogens is 1. The molecule has 0 aliphatic carbocycles. The van der Waals surface area contributed by atoms with Gasteiger partial charge in [0.15, 0.2) is 0 Å². The molecule has 1 heterocycles. The van der Waals surface area contributed by atoms with E-state index in [1.165, 1.54) is 5.56 Å². The third kappa shape index (κ3) is 4.25. The van der Waals surface area contributed by atoms with Crippen molar-refractivity contribution >= 4 is 17.6 Å². The third-order valence-electron chi connectivity index (χ3n) is 3.38. The number of hydrogen-bond acceptors (Lipinski definition) is 2. The van der Waals surface area contributed by atoms with Gasteiger partial charge in [0.2, 0.25) is 0 Å². The zero-order chi connectivity index (χ0) is 14.4. The van der Waals surface area contributed by atoms with Crippen molar-refractivity contribution in [1.29, 1.82) is 0 Å². The number of amides is 2. The Morgan fingerprint density at radius 3 is 2.50 bits per heavy atom. The van der Waals surface area contributed by atoms with Crippen LogP contribution in [-0.4, -0.2) is 48.6 Å². The topological polar surface area (TPSA) is 35.6 Å². The molecule has 1 aliphatic heterocycles. The molecule has 1 fully saturated rings. The molecule has 0 bridgehead atoms. The van der Waals surface area contributed by atoms with Crippen LogP contribution in [0.4, 0.5) is 4.79 Å². The SMILES string of the molecule is C=CCNC(=O)N1CCN(Cc2ccc(Cl)cc2)CC1. The number of benzene rings is 1. The van der Waals surface area contributed by atoms with Crippen LogP contribution in [0.15, 0.2) is 36.9 Å². The van der Waals surface area contributed by atoms with E-state index in [-0.39, 0.29) is 6.03 Å². The van der Waals surface area contributed by atoms with Crippen LogP contribution in [0.5, 0.6) is 0 Å². The fourth-order valence-electron chi connectivity index (χ4n) is 2.23. The molecule has 108 valence electrons. The molecule has 0 saturated carbocycles. The summed E-state index contributed by atoms with van der Waals surface area (Å²) in [5.41, 5.74) is 1.25. The Balaban J connectivity index is 1.78. The highest BCUT2D eigenvalue weighted by atomic mass is 35.5. The van der Waals surface area contributed by atoms with Gasteiger partial charge in [-0.3, -0.25) is 4.90 Å². The van der Waals surface area contributed by atoms with Crippen LogP contribution in [0, 0.1) is 0 Å². The van der Waals surface area contributed by atoms with Crippen molar-refractivity contribution in [2.24, 2.45) is 0 Å². The lowest BCUT2D eigenvalue weighted by Gasteiger charge is -2.34. The standard InChI is InChI=1S/C15H20ClN3O/c1-2-7-17-15(20)19-10-8-18(9-11-19)12-13-3-5-14(16)6-4-13/h2-6H,1,7-12H2,(H,17,20). The number of hydrogen-bond donors (Lipinski definition) is 1. The van der Waals surface area contributed by atoms with Crippen molar-refractivity contribution in [2.45, 2.75) is 6.54 Å². The quantitative estimate of drug-likeness (QED) is 0.865. The summed E-state index contributed by atoms with van der Waals surface area (Å²) in [4.78, 5) is 16.0. The maximum Gasteiger partial charge on any atom is 0.317 e. The number of nitrogens with one attached hydrogen (secondary N) is 1. The Labute approximate surface area is 125 Å². The molecule has 2 amide bonds. The van der Waals surface area contributed by atoms with Gasteiger partial charge in [0.1, 0.15) is 0 Å². The van der Waals surface area contributed by atoms with Gasteiger partial charge >= 0.3 is 6.03 Å². The van der Waals surface area contributed by atoms with Crippen LogP contribution < -0.4 is 5.32 Å². The minimum atomic E-state index is -0.00366. The number of nitrogens with zero attached hydrogens (tertiary/aromatic N) is 2. The van der Waals surface area contributed by atoms with Crippen molar-refractivity contribution < 1.29 is 4.79 Å². The molecule has 2 rings (SSSR count). The molecule has 4 nitrogen and oxygen atoms in total. The Morgan fingerprint density at radius 2 is 1.90 bits per heavy atom. The molecule has 1 aliphatic rings. The van der Waals surface area contributed by atoms with Crippen molar-refractivity contribution in [1.82, 2.24) is 15.1 Å². The lowest BCUT2D eigenvalue weighted by molar-refractivity contribution is 0.136. The molecule has 0 unspecified atom stereocenters. The van der Waals surface area contributed by atoms with E-state index < -0.39 is 0 Å². The second-order valence-electron chi connectivity index (χ2n) is 4.86. The van der Waals surface area contributed by atoms with E-state index in [9.17, 15) is 4.79 Å². The fourth-order valence-corrected chi connectivity index (χ4v) is 2.35. The molecular formula is C15H20ClN3O. The van der Waals surface area contributed by atoms with Gasteiger partial charge in [-0.2, -0.15) is 0 Å². The number of carbonyl (C=O) groups is 1. The number of urea groups is 1. The van der Waals surface area contributed by atoms with E-state index in [1.54, 1.807) is 6.08 Å². The third-order valence-corrected chi connectivity index (χ3v) is 3.63. The summed E-state index contributed by atoms with van der Waals surface area (Å²) >= 11 is 5.88. The molecule has 0 atom stereocenters. The molecule has 0 aromatic heterocycles. The Morgan fingerprint density at radius 1 is 1.25 bits per heavy atom. The maximum atomic E-state index is 11.8. The summed E-state index contributed by atoms with van der Waals surface area (Å²) < 4.78 is 0. The molecule has 0 spiro atoms. The highest BCUT2D eigenvalue weighted by Crippen LogP contribution is 2.12. The monoisotopic (exact) mass is 293 g/mol. The smallest absolute Gasteiger partial charge is 0.317 e. The largest absolute Gasteiger partial charge is 0.335 e. The van der Waals surface area contributed by atoms with Crippen molar-refractivity contribution in [3.63, 3.8) is 0 Å². The molecule has 0 radical (unpaired) electrons. The van der Waals surface area contributed by atoms with Crippen LogP contribution >= 0.6 is 11.6 Å². The normalized spacial score (nSPS) is 15.9.